The lowest BCUT2D eigenvalue weighted by Crippen LogP contribution is -2.67. The number of aromatic nitrogens is 1. The van der Waals surface area contributed by atoms with E-state index < -0.39 is 0 Å². The van der Waals surface area contributed by atoms with Gasteiger partial charge in [0.05, 0.1) is 25.8 Å². The Morgan fingerprint density at radius 3 is 3.04 bits per heavy atom. The molecule has 2 fully saturated rings. The second kappa shape index (κ2) is 7.59. The number of hydrogen-bond donors (Lipinski definition) is 0. The van der Waals surface area contributed by atoms with Gasteiger partial charge in [0.15, 0.2) is 0 Å². The highest BCUT2D eigenvalue weighted by Crippen LogP contribution is 2.35. The van der Waals surface area contributed by atoms with Crippen molar-refractivity contribution in [1.29, 1.82) is 0 Å². The first-order valence-electron chi connectivity index (χ1n) is 8.63. The smallest absolute Gasteiger partial charge is 0.224 e. The number of nitrogens with zero attached hydrogens (tertiary/aromatic N) is 3. The molecule has 6 nitrogen and oxygen atoms in total. The molecule has 1 spiro atoms. The van der Waals surface area contributed by atoms with Crippen LogP contribution in [0.5, 0.6) is 0 Å². The van der Waals surface area contributed by atoms with Crippen LogP contribution in [-0.4, -0.2) is 72.7 Å². The summed E-state index contributed by atoms with van der Waals surface area (Å²) in [4.78, 5) is 20.2. The fraction of sp³-hybridized carbons (Fsp3) is 0.667. The van der Waals surface area contributed by atoms with E-state index in [4.69, 9.17) is 9.47 Å². The maximum atomic E-state index is 12.2. The molecule has 1 aromatic rings. The van der Waals surface area contributed by atoms with Crippen LogP contribution < -0.4 is 0 Å². The SMILES string of the molecule is CN(C)CCC(=O)N1CC2(CC(OCc3cccnc3)CCO2)C1. The van der Waals surface area contributed by atoms with Crippen LogP contribution in [0.1, 0.15) is 24.8 Å². The van der Waals surface area contributed by atoms with Gasteiger partial charge in [-0.3, -0.25) is 9.78 Å². The summed E-state index contributed by atoms with van der Waals surface area (Å²) in [6.07, 6.45) is 6.15. The zero-order valence-corrected chi connectivity index (χ0v) is 14.6. The van der Waals surface area contributed by atoms with Gasteiger partial charge in [0.2, 0.25) is 5.91 Å². The number of carbonyl (C=O) groups is 1. The van der Waals surface area contributed by atoms with Crippen LogP contribution in [0.2, 0.25) is 0 Å². The average Bonchev–Trinajstić information content (AvgIpc) is 2.57. The first-order valence-corrected chi connectivity index (χ1v) is 8.63. The molecule has 132 valence electrons. The number of carbonyl (C=O) groups excluding carboxylic acids is 1. The molecule has 1 amide bonds. The van der Waals surface area contributed by atoms with Crippen molar-refractivity contribution in [1.82, 2.24) is 14.8 Å². The zero-order valence-electron chi connectivity index (χ0n) is 14.6. The molecule has 24 heavy (non-hydrogen) atoms. The first-order chi connectivity index (χ1) is 11.6. The van der Waals surface area contributed by atoms with E-state index in [1.54, 1.807) is 6.20 Å². The van der Waals surface area contributed by atoms with Crippen molar-refractivity contribution < 1.29 is 14.3 Å². The summed E-state index contributed by atoms with van der Waals surface area (Å²) in [6, 6.07) is 3.95. The molecule has 2 aliphatic rings. The first kappa shape index (κ1) is 17.3. The minimum Gasteiger partial charge on any atom is -0.373 e. The minimum absolute atomic E-state index is 0.189. The molecule has 6 heteroatoms. The van der Waals surface area contributed by atoms with E-state index in [-0.39, 0.29) is 17.6 Å². The Labute approximate surface area is 143 Å². The summed E-state index contributed by atoms with van der Waals surface area (Å²) in [5.74, 6) is 0.219. The third kappa shape index (κ3) is 4.32. The van der Waals surface area contributed by atoms with E-state index in [9.17, 15) is 4.79 Å². The lowest BCUT2D eigenvalue weighted by molar-refractivity contribution is -0.202. The third-order valence-corrected chi connectivity index (χ3v) is 4.74. The highest BCUT2D eigenvalue weighted by Gasteiger charge is 2.49. The van der Waals surface area contributed by atoms with Crippen LogP contribution in [0.3, 0.4) is 0 Å². The molecule has 1 unspecified atom stereocenters. The normalized spacial score (nSPS) is 22.6. The quantitative estimate of drug-likeness (QED) is 0.786. The van der Waals surface area contributed by atoms with Gasteiger partial charge in [-0.05, 0) is 32.1 Å². The highest BCUT2D eigenvalue weighted by molar-refractivity contribution is 5.77. The van der Waals surface area contributed by atoms with Gasteiger partial charge >= 0.3 is 0 Å². The Hall–Kier alpha value is -1.50. The fourth-order valence-electron chi connectivity index (χ4n) is 3.35. The molecule has 0 aliphatic carbocycles. The van der Waals surface area contributed by atoms with Crippen molar-refractivity contribution in [3.05, 3.63) is 30.1 Å². The predicted octanol–water partition coefficient (Wildman–Crippen LogP) is 1.31. The van der Waals surface area contributed by atoms with Gasteiger partial charge in [-0.15, -0.1) is 0 Å². The lowest BCUT2D eigenvalue weighted by atomic mass is 9.84. The maximum Gasteiger partial charge on any atom is 0.224 e. The molecule has 2 saturated heterocycles. The van der Waals surface area contributed by atoms with E-state index in [1.807, 2.05) is 42.2 Å². The monoisotopic (exact) mass is 333 g/mol. The third-order valence-electron chi connectivity index (χ3n) is 4.74. The van der Waals surface area contributed by atoms with Crippen LogP contribution in [0.25, 0.3) is 0 Å². The van der Waals surface area contributed by atoms with E-state index >= 15 is 0 Å². The second-order valence-electron chi connectivity index (χ2n) is 7.12. The maximum absolute atomic E-state index is 12.2. The van der Waals surface area contributed by atoms with Crippen LogP contribution in [0.4, 0.5) is 0 Å². The molecule has 3 heterocycles. The van der Waals surface area contributed by atoms with Crippen LogP contribution in [-0.2, 0) is 20.9 Å². The van der Waals surface area contributed by atoms with Crippen LogP contribution in [0, 0.1) is 0 Å². The van der Waals surface area contributed by atoms with Gasteiger partial charge in [0.25, 0.3) is 0 Å². The van der Waals surface area contributed by atoms with Gasteiger partial charge < -0.3 is 19.3 Å². The summed E-state index contributed by atoms with van der Waals surface area (Å²) in [7, 11) is 3.97. The van der Waals surface area contributed by atoms with Crippen LogP contribution in [0.15, 0.2) is 24.5 Å². The number of pyridine rings is 1. The summed E-state index contributed by atoms with van der Waals surface area (Å²) >= 11 is 0. The van der Waals surface area contributed by atoms with E-state index in [0.29, 0.717) is 32.7 Å². The Morgan fingerprint density at radius 1 is 1.50 bits per heavy atom. The number of ether oxygens (including phenoxy) is 2. The van der Waals surface area contributed by atoms with Crippen molar-refractivity contribution in [2.24, 2.45) is 0 Å². The number of likely N-dealkylation sites (tertiary alicyclic amines) is 1. The summed E-state index contributed by atoms with van der Waals surface area (Å²) in [5.41, 5.74) is 0.901. The van der Waals surface area contributed by atoms with Crippen LogP contribution >= 0.6 is 0 Å². The van der Waals surface area contributed by atoms with Gasteiger partial charge in [0, 0.05) is 38.4 Å². The number of rotatable bonds is 6. The average molecular weight is 333 g/mol. The van der Waals surface area contributed by atoms with E-state index in [2.05, 4.69) is 4.98 Å². The predicted molar refractivity (Wildman–Crippen MR) is 90.5 cm³/mol. The number of hydrogen-bond acceptors (Lipinski definition) is 5. The Bertz CT molecular complexity index is 544. The summed E-state index contributed by atoms with van der Waals surface area (Å²) < 4.78 is 12.0. The van der Waals surface area contributed by atoms with Gasteiger partial charge in [-0.25, -0.2) is 0 Å². The van der Waals surface area contributed by atoms with E-state index in [0.717, 1.165) is 24.9 Å². The second-order valence-corrected chi connectivity index (χ2v) is 7.12. The molecule has 0 aromatic carbocycles. The topological polar surface area (TPSA) is 54.9 Å². The molecular formula is C18H27N3O3. The van der Waals surface area contributed by atoms with E-state index in [1.165, 1.54) is 0 Å². The van der Waals surface area contributed by atoms with Gasteiger partial charge in [-0.1, -0.05) is 6.07 Å². The molecule has 1 atom stereocenters. The number of amides is 1. The molecule has 2 aliphatic heterocycles. The summed E-state index contributed by atoms with van der Waals surface area (Å²) in [6.45, 7) is 3.48. The molecular weight excluding hydrogens is 306 g/mol. The Morgan fingerprint density at radius 2 is 2.33 bits per heavy atom. The summed E-state index contributed by atoms with van der Waals surface area (Å²) in [5, 5.41) is 0. The molecule has 0 bridgehead atoms. The molecule has 0 N–H and O–H groups in total. The van der Waals surface area contributed by atoms with Crippen molar-refractivity contribution in [3.63, 3.8) is 0 Å². The van der Waals surface area contributed by atoms with Crippen molar-refractivity contribution in [2.45, 2.75) is 37.6 Å². The van der Waals surface area contributed by atoms with Gasteiger partial charge in [-0.2, -0.15) is 0 Å². The largest absolute Gasteiger partial charge is 0.373 e. The molecule has 0 saturated carbocycles. The molecule has 1 aromatic heterocycles. The molecule has 3 rings (SSSR count). The standard InChI is InChI=1S/C18H27N3O3/c1-20(2)8-5-17(22)21-13-18(14-21)10-16(6-9-24-18)23-12-15-4-3-7-19-11-15/h3-4,7,11,16H,5-6,8-10,12-14H2,1-2H3. The Kier molecular flexibility index (Phi) is 5.48. The minimum atomic E-state index is -0.189. The van der Waals surface area contributed by atoms with Gasteiger partial charge in [0.1, 0.15) is 5.60 Å². The van der Waals surface area contributed by atoms with Crippen molar-refractivity contribution in [2.75, 3.05) is 40.3 Å². The fourth-order valence-corrected chi connectivity index (χ4v) is 3.35. The zero-order chi connectivity index (χ0) is 17.0. The molecule has 0 radical (unpaired) electrons. The lowest BCUT2D eigenvalue weighted by Gasteiger charge is -2.53. The van der Waals surface area contributed by atoms with Crippen molar-refractivity contribution >= 4 is 5.91 Å². The highest BCUT2D eigenvalue weighted by atomic mass is 16.5. The van der Waals surface area contributed by atoms with Crippen molar-refractivity contribution in [3.8, 4) is 0 Å². The Balaban J connectivity index is 1.44.